The number of hydrogen-bond donors (Lipinski definition) is 2. The molecule has 1 aromatic carbocycles. The Kier molecular flexibility index (Phi) is 6.12. The van der Waals surface area contributed by atoms with Gasteiger partial charge in [0.15, 0.2) is 5.11 Å². The van der Waals surface area contributed by atoms with Crippen molar-refractivity contribution in [2.75, 3.05) is 11.9 Å². The summed E-state index contributed by atoms with van der Waals surface area (Å²) in [6.07, 6.45) is 0.595. The molecule has 0 aliphatic carbocycles. The standard InChI is InChI=1S/C20H22N2O4S2/c1-4-25-18(24)15-13-10-20(2,3)26-11-14(13)28-17(15)22-19(27)21-16(23)12-8-6-5-7-9-12/h5-9H,4,10-11H2,1-3H3,(H2,21,22,23,27). The van der Waals surface area contributed by atoms with Crippen LogP contribution in [0, 0.1) is 0 Å². The zero-order valence-electron chi connectivity index (χ0n) is 16.0. The van der Waals surface area contributed by atoms with Crippen molar-refractivity contribution in [1.82, 2.24) is 5.32 Å². The number of thiophene rings is 1. The van der Waals surface area contributed by atoms with E-state index in [0.717, 1.165) is 10.4 Å². The molecule has 1 aliphatic heterocycles. The zero-order valence-corrected chi connectivity index (χ0v) is 17.6. The molecule has 2 N–H and O–H groups in total. The van der Waals surface area contributed by atoms with Gasteiger partial charge in [0.1, 0.15) is 5.00 Å². The number of benzene rings is 1. The van der Waals surface area contributed by atoms with E-state index in [1.54, 1.807) is 31.2 Å². The quantitative estimate of drug-likeness (QED) is 0.579. The van der Waals surface area contributed by atoms with E-state index in [-0.39, 0.29) is 23.2 Å². The van der Waals surface area contributed by atoms with Crippen LogP contribution < -0.4 is 10.6 Å². The number of anilines is 1. The van der Waals surface area contributed by atoms with E-state index in [0.29, 0.717) is 29.2 Å². The predicted octanol–water partition coefficient (Wildman–Crippen LogP) is 3.90. The van der Waals surface area contributed by atoms with E-state index >= 15 is 0 Å². The Morgan fingerprint density at radius 2 is 2.00 bits per heavy atom. The highest BCUT2D eigenvalue weighted by Gasteiger charge is 2.34. The molecule has 0 atom stereocenters. The first-order valence-electron chi connectivity index (χ1n) is 8.93. The number of ether oxygens (including phenoxy) is 2. The molecular weight excluding hydrogens is 396 g/mol. The summed E-state index contributed by atoms with van der Waals surface area (Å²) in [6, 6.07) is 8.79. The molecule has 3 rings (SSSR count). The maximum atomic E-state index is 12.6. The van der Waals surface area contributed by atoms with Crippen LogP contribution in [0.4, 0.5) is 5.00 Å². The fourth-order valence-electron chi connectivity index (χ4n) is 2.96. The molecule has 0 fully saturated rings. The van der Waals surface area contributed by atoms with Gasteiger partial charge in [-0.1, -0.05) is 18.2 Å². The second kappa shape index (κ2) is 8.38. The van der Waals surface area contributed by atoms with Crippen molar-refractivity contribution in [3.05, 3.63) is 51.9 Å². The summed E-state index contributed by atoms with van der Waals surface area (Å²) in [5, 5.41) is 6.32. The van der Waals surface area contributed by atoms with E-state index in [4.69, 9.17) is 21.7 Å². The van der Waals surface area contributed by atoms with E-state index in [2.05, 4.69) is 10.6 Å². The van der Waals surface area contributed by atoms with Crippen LogP contribution in [0.1, 0.15) is 51.9 Å². The van der Waals surface area contributed by atoms with Gasteiger partial charge in [-0.15, -0.1) is 11.3 Å². The Morgan fingerprint density at radius 1 is 1.29 bits per heavy atom. The van der Waals surface area contributed by atoms with Gasteiger partial charge in [0.05, 0.1) is 24.4 Å². The molecule has 2 heterocycles. The van der Waals surface area contributed by atoms with Crippen LogP contribution in [0.5, 0.6) is 0 Å². The molecule has 8 heteroatoms. The maximum Gasteiger partial charge on any atom is 0.341 e. The molecule has 0 saturated heterocycles. The lowest BCUT2D eigenvalue weighted by Crippen LogP contribution is -2.34. The average Bonchev–Trinajstić information content (AvgIpc) is 2.98. The number of fused-ring (bicyclic) bond motifs is 1. The number of rotatable bonds is 4. The fourth-order valence-corrected chi connectivity index (χ4v) is 4.34. The van der Waals surface area contributed by atoms with Crippen LogP contribution in [0.15, 0.2) is 30.3 Å². The summed E-state index contributed by atoms with van der Waals surface area (Å²) in [5.41, 5.74) is 1.51. The minimum Gasteiger partial charge on any atom is -0.462 e. The van der Waals surface area contributed by atoms with Gasteiger partial charge >= 0.3 is 5.97 Å². The highest BCUT2D eigenvalue weighted by molar-refractivity contribution is 7.80. The third kappa shape index (κ3) is 4.57. The monoisotopic (exact) mass is 418 g/mol. The largest absolute Gasteiger partial charge is 0.462 e. The van der Waals surface area contributed by atoms with Gasteiger partial charge in [-0.3, -0.25) is 10.1 Å². The molecule has 0 radical (unpaired) electrons. The van der Waals surface area contributed by atoms with E-state index < -0.39 is 5.97 Å². The number of esters is 1. The molecule has 2 aromatic rings. The second-order valence-corrected chi connectivity index (χ2v) is 8.44. The van der Waals surface area contributed by atoms with Crippen molar-refractivity contribution in [2.24, 2.45) is 0 Å². The first-order chi connectivity index (χ1) is 13.3. The molecule has 1 aromatic heterocycles. The topological polar surface area (TPSA) is 76.7 Å². The van der Waals surface area contributed by atoms with Crippen LogP contribution in [0.2, 0.25) is 0 Å². The molecular formula is C20H22N2O4S2. The molecule has 6 nitrogen and oxygen atoms in total. The number of nitrogens with one attached hydrogen (secondary N) is 2. The number of carbonyl (C=O) groups excluding carboxylic acids is 2. The molecule has 0 spiro atoms. The lowest BCUT2D eigenvalue weighted by molar-refractivity contribution is -0.0384. The van der Waals surface area contributed by atoms with E-state index in [1.165, 1.54) is 11.3 Å². The summed E-state index contributed by atoms with van der Waals surface area (Å²) in [6.45, 7) is 6.44. The number of carbonyl (C=O) groups is 2. The number of thiocarbonyl (C=S) groups is 1. The van der Waals surface area contributed by atoms with Gasteiger partial charge in [-0.25, -0.2) is 4.79 Å². The molecule has 0 unspecified atom stereocenters. The Balaban J connectivity index is 1.83. The molecule has 1 aliphatic rings. The first-order valence-corrected chi connectivity index (χ1v) is 10.2. The van der Waals surface area contributed by atoms with Crippen LogP contribution >= 0.6 is 23.6 Å². The Hall–Kier alpha value is -2.29. The minimum atomic E-state index is -0.405. The summed E-state index contributed by atoms with van der Waals surface area (Å²) < 4.78 is 11.1. The number of amides is 1. The highest BCUT2D eigenvalue weighted by Crippen LogP contribution is 2.40. The number of hydrogen-bond acceptors (Lipinski definition) is 6. The summed E-state index contributed by atoms with van der Waals surface area (Å²) in [4.78, 5) is 25.9. The van der Waals surface area contributed by atoms with E-state index in [1.807, 2.05) is 19.9 Å². The van der Waals surface area contributed by atoms with Crippen molar-refractivity contribution in [1.29, 1.82) is 0 Å². The minimum absolute atomic E-state index is 0.123. The van der Waals surface area contributed by atoms with Crippen LogP contribution in [-0.2, 0) is 22.5 Å². The normalized spacial score (nSPS) is 14.7. The van der Waals surface area contributed by atoms with E-state index in [9.17, 15) is 9.59 Å². The van der Waals surface area contributed by atoms with Crippen LogP contribution in [0.3, 0.4) is 0 Å². The molecule has 0 bridgehead atoms. The smallest absolute Gasteiger partial charge is 0.341 e. The maximum absolute atomic E-state index is 12.6. The summed E-state index contributed by atoms with van der Waals surface area (Å²) >= 11 is 6.68. The van der Waals surface area contributed by atoms with Gasteiger partial charge in [-0.05, 0) is 50.7 Å². The van der Waals surface area contributed by atoms with Crippen LogP contribution in [-0.4, -0.2) is 29.2 Å². The Morgan fingerprint density at radius 3 is 2.68 bits per heavy atom. The predicted molar refractivity (Wildman–Crippen MR) is 113 cm³/mol. The molecule has 1 amide bonds. The van der Waals surface area contributed by atoms with Crippen molar-refractivity contribution in [3.8, 4) is 0 Å². The molecule has 148 valence electrons. The zero-order chi connectivity index (χ0) is 20.3. The third-order valence-electron chi connectivity index (χ3n) is 4.26. The lowest BCUT2D eigenvalue weighted by Gasteiger charge is -2.30. The molecule has 28 heavy (non-hydrogen) atoms. The summed E-state index contributed by atoms with van der Waals surface area (Å²) in [7, 11) is 0. The average molecular weight is 419 g/mol. The molecule has 0 saturated carbocycles. The highest BCUT2D eigenvalue weighted by atomic mass is 32.1. The first kappa shape index (κ1) is 20.4. The van der Waals surface area contributed by atoms with Crippen molar-refractivity contribution < 1.29 is 19.1 Å². The van der Waals surface area contributed by atoms with Gasteiger partial charge in [0.2, 0.25) is 0 Å². The van der Waals surface area contributed by atoms with Crippen molar-refractivity contribution >= 4 is 45.5 Å². The SMILES string of the molecule is CCOC(=O)c1c(NC(=S)NC(=O)c2ccccc2)sc2c1CC(C)(C)OC2. The van der Waals surface area contributed by atoms with Gasteiger partial charge in [-0.2, -0.15) is 0 Å². The van der Waals surface area contributed by atoms with Crippen molar-refractivity contribution in [3.63, 3.8) is 0 Å². The van der Waals surface area contributed by atoms with Gasteiger partial charge < -0.3 is 14.8 Å². The third-order valence-corrected chi connectivity index (χ3v) is 5.58. The Labute approximate surface area is 173 Å². The van der Waals surface area contributed by atoms with Crippen molar-refractivity contribution in [2.45, 2.75) is 39.4 Å². The van der Waals surface area contributed by atoms with Gasteiger partial charge in [0, 0.05) is 16.9 Å². The second-order valence-electron chi connectivity index (χ2n) is 6.93. The van der Waals surface area contributed by atoms with Gasteiger partial charge in [0.25, 0.3) is 5.91 Å². The fraction of sp³-hybridized carbons (Fsp3) is 0.350. The Bertz CT molecular complexity index is 906. The summed E-state index contributed by atoms with van der Waals surface area (Å²) in [5.74, 6) is -0.723. The lowest BCUT2D eigenvalue weighted by atomic mass is 9.93. The van der Waals surface area contributed by atoms with Crippen LogP contribution in [0.25, 0.3) is 0 Å².